The smallest absolute Gasteiger partial charge is 0.115 e. The third-order valence-corrected chi connectivity index (χ3v) is 0. The van der Waals surface area contributed by atoms with Gasteiger partial charge in [-0.25, -0.2) is 2.92 Å². The zero-order valence-corrected chi connectivity index (χ0v) is 5.34. The second-order valence-electron chi connectivity index (χ2n) is 0.0583. The van der Waals surface area contributed by atoms with E-state index in [2.05, 4.69) is 35.4 Å². The molecule has 0 aliphatic heterocycles. The summed E-state index contributed by atoms with van der Waals surface area (Å²) in [5.74, 6) is 0. The molecule has 4 heteroatoms. The third kappa shape index (κ3) is 9.68. The topological polar surface area (TPSA) is 9.23 Å². The van der Waals surface area contributed by atoms with E-state index in [1.54, 1.807) is 0 Å². The van der Waals surface area contributed by atoms with E-state index in [0.717, 1.165) is 0 Å². The van der Waals surface area contributed by atoms with Gasteiger partial charge in [-0.3, -0.25) is 0 Å². The zero-order chi connectivity index (χ0) is 2.71. The van der Waals surface area contributed by atoms with Crippen LogP contribution in [0.3, 0.4) is 0 Å². The Labute approximate surface area is 54.2 Å². The van der Waals surface area contributed by atoms with Gasteiger partial charge in [0.25, 0.3) is 0 Å². The van der Waals surface area contributed by atoms with Crippen molar-refractivity contribution < 1.29 is 2.92 Å². The van der Waals surface area contributed by atoms with Crippen LogP contribution in [-0.2, 0) is 2.92 Å². The van der Waals surface area contributed by atoms with Crippen molar-refractivity contribution in [3.63, 3.8) is 0 Å². The van der Waals surface area contributed by atoms with Crippen LogP contribution in [0.15, 0.2) is 0 Å². The standard InChI is InChI=1S/Br2O.Li/c1-3-2;. The zero-order valence-electron chi connectivity index (χ0n) is 2.16. The summed E-state index contributed by atoms with van der Waals surface area (Å²) in [5, 5.41) is 0. The van der Waals surface area contributed by atoms with Gasteiger partial charge in [0.15, 0.2) is 0 Å². The predicted octanol–water partition coefficient (Wildman–Crippen LogP) is 1.24. The Kier molecular flexibility index (Phi) is 20.1. The largest absolute Gasteiger partial charge is 0.230 e. The molecule has 0 saturated heterocycles. The Morgan fingerprint density at radius 1 is 1.25 bits per heavy atom. The van der Waals surface area contributed by atoms with E-state index >= 15 is 0 Å². The second kappa shape index (κ2) is 8.82. The van der Waals surface area contributed by atoms with Crippen LogP contribution in [0.25, 0.3) is 0 Å². The Hall–Kier alpha value is 1.52. The van der Waals surface area contributed by atoms with Crippen LogP contribution < -0.4 is 0 Å². The normalized spacial score (nSPS) is 4.50. The first-order chi connectivity index (χ1) is 1.41. The van der Waals surface area contributed by atoms with Crippen molar-refractivity contribution in [2.75, 3.05) is 0 Å². The minimum atomic E-state index is 0. The van der Waals surface area contributed by atoms with Gasteiger partial charge in [-0.2, -0.15) is 0 Å². The summed E-state index contributed by atoms with van der Waals surface area (Å²) >= 11 is 5.12. The van der Waals surface area contributed by atoms with Crippen molar-refractivity contribution in [2.24, 2.45) is 0 Å². The van der Waals surface area contributed by atoms with Gasteiger partial charge >= 0.3 is 0 Å². The fourth-order valence-corrected chi connectivity index (χ4v) is 0. The molecule has 0 amide bonds. The van der Waals surface area contributed by atoms with Gasteiger partial charge in [0.2, 0.25) is 0 Å². The summed E-state index contributed by atoms with van der Waals surface area (Å²) in [6.07, 6.45) is 0. The van der Waals surface area contributed by atoms with Crippen molar-refractivity contribution in [1.29, 1.82) is 0 Å². The minimum absolute atomic E-state index is 0. The summed E-state index contributed by atoms with van der Waals surface area (Å²) < 4.78 is 3.88. The van der Waals surface area contributed by atoms with E-state index in [1.165, 1.54) is 0 Å². The molecule has 0 N–H and O–H groups in total. The van der Waals surface area contributed by atoms with E-state index in [4.69, 9.17) is 0 Å². The molecular formula is Br2LiO. The first-order valence-electron chi connectivity index (χ1n) is 0.309. The van der Waals surface area contributed by atoms with E-state index in [1.807, 2.05) is 0 Å². The molecule has 0 fully saturated rings. The maximum absolute atomic E-state index is 3.88. The van der Waals surface area contributed by atoms with E-state index < -0.39 is 0 Å². The van der Waals surface area contributed by atoms with Crippen LogP contribution in [0.2, 0.25) is 0 Å². The summed E-state index contributed by atoms with van der Waals surface area (Å²) in [6, 6.07) is 0. The molecule has 0 aromatic rings. The van der Waals surface area contributed by atoms with Crippen molar-refractivity contribution in [3.05, 3.63) is 0 Å². The molecule has 0 spiro atoms. The number of halogens is 2. The quantitative estimate of drug-likeness (QED) is 0.513. The Morgan fingerprint density at radius 3 is 1.25 bits per heavy atom. The van der Waals surface area contributed by atoms with Crippen LogP contribution in [-0.4, -0.2) is 18.9 Å². The molecule has 0 aliphatic carbocycles. The molecule has 0 saturated carbocycles. The van der Waals surface area contributed by atoms with Crippen molar-refractivity contribution in [2.45, 2.75) is 0 Å². The Morgan fingerprint density at radius 2 is 1.25 bits per heavy atom. The van der Waals surface area contributed by atoms with Crippen LogP contribution in [0, 0.1) is 0 Å². The first kappa shape index (κ1) is 9.10. The molecule has 21 valence electrons. The van der Waals surface area contributed by atoms with E-state index in [-0.39, 0.29) is 18.9 Å². The molecule has 0 unspecified atom stereocenters. The monoisotopic (exact) mass is 181 g/mol. The van der Waals surface area contributed by atoms with E-state index in [0.29, 0.717) is 0 Å². The van der Waals surface area contributed by atoms with Gasteiger partial charge in [-0.15, -0.1) is 0 Å². The fourth-order valence-electron chi connectivity index (χ4n) is 0. The molecule has 1 nitrogen and oxygen atoms in total. The Balaban J connectivity index is 0. The van der Waals surface area contributed by atoms with Gasteiger partial charge in [0.05, 0.1) is 0 Å². The average Bonchev–Trinajstić information content (AvgIpc) is 0.918. The van der Waals surface area contributed by atoms with Crippen LogP contribution in [0.4, 0.5) is 0 Å². The fraction of sp³-hybridized carbons (Fsp3) is 0. The van der Waals surface area contributed by atoms with Crippen LogP contribution in [0.5, 0.6) is 0 Å². The van der Waals surface area contributed by atoms with Crippen molar-refractivity contribution >= 4 is 51.4 Å². The molecule has 0 bridgehead atoms. The molecule has 0 heterocycles. The molecule has 0 aromatic heterocycles. The predicted molar refractivity (Wildman–Crippen MR) is 24.7 cm³/mol. The number of rotatable bonds is 0. The van der Waals surface area contributed by atoms with Gasteiger partial charge < -0.3 is 0 Å². The van der Waals surface area contributed by atoms with Gasteiger partial charge in [-0.1, -0.05) is 0 Å². The molecule has 0 aromatic carbocycles. The summed E-state index contributed by atoms with van der Waals surface area (Å²) in [7, 11) is 0. The van der Waals surface area contributed by atoms with Crippen molar-refractivity contribution in [1.82, 2.24) is 0 Å². The number of hydrogen-bond acceptors (Lipinski definition) is 1. The second-order valence-corrected chi connectivity index (χ2v) is 1.57. The molecular weight excluding hydrogens is 183 g/mol. The molecule has 0 aliphatic rings. The molecule has 4 heavy (non-hydrogen) atoms. The minimum Gasteiger partial charge on any atom is -0.230 e. The third-order valence-electron chi connectivity index (χ3n) is 0. The Bertz CT molecular complexity index is 6.00. The van der Waals surface area contributed by atoms with Crippen LogP contribution in [0.1, 0.15) is 0 Å². The number of hydrogen-bond donors (Lipinski definition) is 0. The summed E-state index contributed by atoms with van der Waals surface area (Å²) in [6.45, 7) is 0. The SMILES string of the molecule is BrOBr.[Li]. The van der Waals surface area contributed by atoms with Gasteiger partial charge in [-0.05, 0) is 0 Å². The van der Waals surface area contributed by atoms with E-state index in [9.17, 15) is 0 Å². The first-order valence-corrected chi connectivity index (χ1v) is 1.60. The maximum atomic E-state index is 3.88. The molecule has 0 atom stereocenters. The summed E-state index contributed by atoms with van der Waals surface area (Å²) in [5.41, 5.74) is 0. The molecule has 0 rings (SSSR count). The van der Waals surface area contributed by atoms with Gasteiger partial charge in [0.1, 0.15) is 32.5 Å². The molecule has 1 radical (unpaired) electrons. The summed E-state index contributed by atoms with van der Waals surface area (Å²) in [4.78, 5) is 0. The maximum Gasteiger partial charge on any atom is 0.115 e. The average molecular weight is 183 g/mol. The van der Waals surface area contributed by atoms with Crippen molar-refractivity contribution in [3.8, 4) is 0 Å². The van der Waals surface area contributed by atoms with Gasteiger partial charge in [0, 0.05) is 18.9 Å². The van der Waals surface area contributed by atoms with Crippen LogP contribution >= 0.6 is 32.5 Å².